The molecule has 2 N–H and O–H groups in total. The Morgan fingerprint density at radius 2 is 1.65 bits per heavy atom. The molecule has 0 atom stereocenters. The van der Waals surface area contributed by atoms with E-state index in [1.807, 2.05) is 30.3 Å². The molecule has 0 unspecified atom stereocenters. The highest BCUT2D eigenvalue weighted by molar-refractivity contribution is 5.70. The van der Waals surface area contributed by atoms with E-state index in [4.69, 9.17) is 15.7 Å². The second-order valence-corrected chi connectivity index (χ2v) is 5.53. The van der Waals surface area contributed by atoms with Crippen molar-refractivity contribution >= 4 is 17.1 Å². The lowest BCUT2D eigenvalue weighted by Crippen LogP contribution is -2.46. The first-order chi connectivity index (χ1) is 11.2. The Labute approximate surface area is 136 Å². The standard InChI is InChI=1S/C18H20N4O/c1-23-18-5-3-2-4-17(18)22-10-8-21(9-11-22)16-7-6-14(13-19)12-15(16)20/h2-7,12H,8-11,20H2,1H3. The van der Waals surface area contributed by atoms with Gasteiger partial charge in [-0.05, 0) is 30.3 Å². The van der Waals surface area contributed by atoms with Crippen LogP contribution in [-0.4, -0.2) is 33.3 Å². The van der Waals surface area contributed by atoms with E-state index in [1.54, 1.807) is 13.2 Å². The molecule has 2 aromatic carbocycles. The number of nitriles is 1. The number of hydrogen-bond acceptors (Lipinski definition) is 5. The molecule has 1 saturated heterocycles. The zero-order valence-electron chi connectivity index (χ0n) is 13.2. The smallest absolute Gasteiger partial charge is 0.142 e. The second kappa shape index (κ2) is 6.49. The minimum atomic E-state index is 0.596. The number of ether oxygens (including phenoxy) is 1. The van der Waals surface area contributed by atoms with Gasteiger partial charge in [0.05, 0.1) is 35.8 Å². The number of para-hydroxylation sites is 2. The highest BCUT2D eigenvalue weighted by Gasteiger charge is 2.20. The first kappa shape index (κ1) is 15.0. The average Bonchev–Trinajstić information content (AvgIpc) is 2.61. The summed E-state index contributed by atoms with van der Waals surface area (Å²) in [6, 6.07) is 15.7. The van der Waals surface area contributed by atoms with Crippen LogP contribution >= 0.6 is 0 Å². The molecule has 1 fully saturated rings. The van der Waals surface area contributed by atoms with Crippen molar-refractivity contribution < 1.29 is 4.74 Å². The third-order valence-corrected chi connectivity index (χ3v) is 4.20. The summed E-state index contributed by atoms with van der Waals surface area (Å²) in [5.74, 6) is 0.902. The number of benzene rings is 2. The number of nitrogens with zero attached hydrogens (tertiary/aromatic N) is 3. The molecular formula is C18H20N4O. The van der Waals surface area contributed by atoms with Crippen LogP contribution in [0, 0.1) is 11.3 Å². The first-order valence-electron chi connectivity index (χ1n) is 7.65. The van der Waals surface area contributed by atoms with Crippen molar-refractivity contribution in [1.82, 2.24) is 0 Å². The lowest BCUT2D eigenvalue weighted by atomic mass is 10.1. The number of methoxy groups -OCH3 is 1. The molecule has 1 aliphatic heterocycles. The van der Waals surface area contributed by atoms with Gasteiger partial charge in [0.15, 0.2) is 0 Å². The molecule has 1 heterocycles. The Morgan fingerprint density at radius 3 is 2.26 bits per heavy atom. The zero-order valence-corrected chi connectivity index (χ0v) is 13.2. The normalized spacial score (nSPS) is 14.4. The SMILES string of the molecule is COc1ccccc1N1CCN(c2ccc(C#N)cc2N)CC1. The molecule has 0 aliphatic carbocycles. The third kappa shape index (κ3) is 3.02. The van der Waals surface area contributed by atoms with Gasteiger partial charge in [0.1, 0.15) is 5.75 Å². The maximum absolute atomic E-state index is 8.94. The molecular weight excluding hydrogens is 288 g/mol. The highest BCUT2D eigenvalue weighted by atomic mass is 16.5. The van der Waals surface area contributed by atoms with E-state index in [2.05, 4.69) is 21.9 Å². The minimum Gasteiger partial charge on any atom is -0.495 e. The summed E-state index contributed by atoms with van der Waals surface area (Å²) in [5.41, 5.74) is 9.48. The van der Waals surface area contributed by atoms with Crippen molar-refractivity contribution in [3.05, 3.63) is 48.0 Å². The molecule has 23 heavy (non-hydrogen) atoms. The van der Waals surface area contributed by atoms with E-state index in [0.29, 0.717) is 11.3 Å². The predicted molar refractivity (Wildman–Crippen MR) is 93.0 cm³/mol. The highest BCUT2D eigenvalue weighted by Crippen LogP contribution is 2.30. The van der Waals surface area contributed by atoms with Gasteiger partial charge >= 0.3 is 0 Å². The third-order valence-electron chi connectivity index (χ3n) is 4.20. The largest absolute Gasteiger partial charge is 0.495 e. The van der Waals surface area contributed by atoms with Crippen LogP contribution in [0.15, 0.2) is 42.5 Å². The van der Waals surface area contributed by atoms with Crippen molar-refractivity contribution in [2.24, 2.45) is 0 Å². The van der Waals surface area contributed by atoms with Crippen molar-refractivity contribution in [3.8, 4) is 11.8 Å². The van der Waals surface area contributed by atoms with Gasteiger partial charge in [-0.25, -0.2) is 0 Å². The number of hydrogen-bond donors (Lipinski definition) is 1. The van der Waals surface area contributed by atoms with E-state index >= 15 is 0 Å². The fraction of sp³-hybridized carbons (Fsp3) is 0.278. The van der Waals surface area contributed by atoms with E-state index < -0.39 is 0 Å². The van der Waals surface area contributed by atoms with Gasteiger partial charge in [0.2, 0.25) is 0 Å². The van der Waals surface area contributed by atoms with Crippen LogP contribution < -0.4 is 20.3 Å². The first-order valence-corrected chi connectivity index (χ1v) is 7.65. The summed E-state index contributed by atoms with van der Waals surface area (Å²) in [6.07, 6.45) is 0. The molecule has 5 nitrogen and oxygen atoms in total. The Balaban J connectivity index is 1.73. The van der Waals surface area contributed by atoms with E-state index in [9.17, 15) is 0 Å². The molecule has 0 spiro atoms. The van der Waals surface area contributed by atoms with Gasteiger partial charge in [0.25, 0.3) is 0 Å². The van der Waals surface area contributed by atoms with Crippen LogP contribution in [0.25, 0.3) is 0 Å². The Hall–Kier alpha value is -2.87. The summed E-state index contributed by atoms with van der Waals surface area (Å²) in [6.45, 7) is 3.57. The molecule has 0 aromatic heterocycles. The number of piperazine rings is 1. The lowest BCUT2D eigenvalue weighted by Gasteiger charge is -2.38. The van der Waals surface area contributed by atoms with E-state index in [0.717, 1.165) is 43.3 Å². The van der Waals surface area contributed by atoms with Crippen molar-refractivity contribution in [3.63, 3.8) is 0 Å². The molecule has 0 bridgehead atoms. The Morgan fingerprint density at radius 1 is 1.00 bits per heavy atom. The van der Waals surface area contributed by atoms with Crippen LogP contribution in [0.3, 0.4) is 0 Å². The summed E-state index contributed by atoms with van der Waals surface area (Å²) < 4.78 is 5.45. The Kier molecular flexibility index (Phi) is 4.24. The van der Waals surface area contributed by atoms with Crippen molar-refractivity contribution in [2.75, 3.05) is 48.8 Å². The van der Waals surface area contributed by atoms with Crippen molar-refractivity contribution in [2.45, 2.75) is 0 Å². The number of nitrogen functional groups attached to an aromatic ring is 1. The predicted octanol–water partition coefficient (Wildman–Crippen LogP) is 2.48. The molecule has 2 aromatic rings. The lowest BCUT2D eigenvalue weighted by molar-refractivity contribution is 0.413. The molecule has 0 saturated carbocycles. The Bertz CT molecular complexity index is 730. The summed E-state index contributed by atoms with van der Waals surface area (Å²) >= 11 is 0. The van der Waals surface area contributed by atoms with E-state index in [-0.39, 0.29) is 0 Å². The van der Waals surface area contributed by atoms with Gasteiger partial charge in [-0.2, -0.15) is 5.26 Å². The second-order valence-electron chi connectivity index (χ2n) is 5.53. The zero-order chi connectivity index (χ0) is 16.2. The molecule has 0 radical (unpaired) electrons. The molecule has 3 rings (SSSR count). The van der Waals surface area contributed by atoms with Gasteiger partial charge in [-0.15, -0.1) is 0 Å². The maximum Gasteiger partial charge on any atom is 0.142 e. The number of nitrogens with two attached hydrogens (primary N) is 1. The maximum atomic E-state index is 8.94. The van der Waals surface area contributed by atoms with Gasteiger partial charge in [-0.1, -0.05) is 12.1 Å². The van der Waals surface area contributed by atoms with E-state index in [1.165, 1.54) is 0 Å². The summed E-state index contributed by atoms with van der Waals surface area (Å²) in [5, 5.41) is 8.94. The monoisotopic (exact) mass is 308 g/mol. The summed E-state index contributed by atoms with van der Waals surface area (Å²) in [4.78, 5) is 4.59. The fourth-order valence-electron chi connectivity index (χ4n) is 2.99. The quantitative estimate of drug-likeness (QED) is 0.882. The topological polar surface area (TPSA) is 65.5 Å². The van der Waals surface area contributed by atoms with Crippen LogP contribution in [0.2, 0.25) is 0 Å². The fourth-order valence-corrected chi connectivity index (χ4v) is 2.99. The van der Waals surface area contributed by atoms with Gasteiger partial charge in [0, 0.05) is 26.2 Å². The van der Waals surface area contributed by atoms with Gasteiger partial charge in [-0.3, -0.25) is 0 Å². The van der Waals surface area contributed by atoms with Crippen LogP contribution in [0.4, 0.5) is 17.1 Å². The molecule has 5 heteroatoms. The van der Waals surface area contributed by atoms with Gasteiger partial charge < -0.3 is 20.3 Å². The van der Waals surface area contributed by atoms with Crippen LogP contribution in [0.1, 0.15) is 5.56 Å². The van der Waals surface area contributed by atoms with Crippen molar-refractivity contribution in [1.29, 1.82) is 5.26 Å². The van der Waals surface area contributed by atoms with Crippen LogP contribution in [-0.2, 0) is 0 Å². The molecule has 1 aliphatic rings. The average molecular weight is 308 g/mol. The molecule has 118 valence electrons. The minimum absolute atomic E-state index is 0.596. The number of anilines is 3. The van der Waals surface area contributed by atoms with Crippen LogP contribution in [0.5, 0.6) is 5.75 Å². The molecule has 0 amide bonds. The summed E-state index contributed by atoms with van der Waals surface area (Å²) in [7, 11) is 1.70. The number of rotatable bonds is 3.